The molecule has 0 aliphatic heterocycles. The first-order valence-corrected chi connectivity index (χ1v) is 14.6. The number of sulfonamides is 1. The molecule has 0 aliphatic rings. The van der Waals surface area contributed by atoms with Gasteiger partial charge in [-0.05, 0) is 23.7 Å². The van der Waals surface area contributed by atoms with Crippen LogP contribution in [0.3, 0.4) is 0 Å². The van der Waals surface area contributed by atoms with Crippen molar-refractivity contribution in [3.8, 4) is 12.3 Å². The molecule has 1 atom stereocenters. The third-order valence-electron chi connectivity index (χ3n) is 4.43. The highest BCUT2D eigenvalue weighted by Gasteiger charge is 2.36. The first-order chi connectivity index (χ1) is 13.9. The molecule has 1 unspecified atom stereocenters. The summed E-state index contributed by atoms with van der Waals surface area (Å²) >= 11 is 0. The Labute approximate surface area is 180 Å². The number of esters is 2. The van der Waals surface area contributed by atoms with Crippen molar-refractivity contribution < 1.29 is 27.5 Å². The second-order valence-corrected chi connectivity index (χ2v) is 15.6. The van der Waals surface area contributed by atoms with Gasteiger partial charge in [-0.3, -0.25) is 0 Å². The van der Waals surface area contributed by atoms with Crippen LogP contribution >= 0.6 is 0 Å². The van der Waals surface area contributed by atoms with Gasteiger partial charge in [-0.15, -0.1) is 6.42 Å². The number of nitrogens with zero attached hydrogens (tertiary/aromatic N) is 1. The van der Waals surface area contributed by atoms with Gasteiger partial charge < -0.3 is 9.47 Å². The van der Waals surface area contributed by atoms with Crippen LogP contribution in [0.15, 0.2) is 36.4 Å². The molecule has 1 aromatic carbocycles. The number of terminal acetylenes is 1. The Morgan fingerprint density at radius 3 is 2.17 bits per heavy atom. The van der Waals surface area contributed by atoms with E-state index in [-0.39, 0.29) is 23.4 Å². The zero-order valence-corrected chi connectivity index (χ0v) is 19.9. The minimum atomic E-state index is -3.82. The average Bonchev–Trinajstić information content (AvgIpc) is 2.70. The molecule has 0 saturated carbocycles. The number of hydrogen-bond donors (Lipinski definition) is 0. The first kappa shape index (κ1) is 25.6. The molecule has 30 heavy (non-hydrogen) atoms. The van der Waals surface area contributed by atoms with E-state index in [1.54, 1.807) is 12.1 Å². The topological polar surface area (TPSA) is 90.0 Å². The third-order valence-corrected chi connectivity index (χ3v) is 8.31. The van der Waals surface area contributed by atoms with Gasteiger partial charge in [0.25, 0.3) is 0 Å². The Morgan fingerprint density at radius 1 is 1.17 bits per heavy atom. The van der Waals surface area contributed by atoms with Crippen molar-refractivity contribution in [3.05, 3.63) is 47.5 Å². The summed E-state index contributed by atoms with van der Waals surface area (Å²) in [5.74, 6) is 0.990. The van der Waals surface area contributed by atoms with Crippen molar-refractivity contribution in [2.75, 3.05) is 26.5 Å². The number of ether oxygens (including phenoxy) is 2. The van der Waals surface area contributed by atoms with Gasteiger partial charge in [-0.2, -0.15) is 4.31 Å². The van der Waals surface area contributed by atoms with E-state index in [1.165, 1.54) is 26.4 Å². The summed E-state index contributed by atoms with van der Waals surface area (Å²) in [5.41, 5.74) is 0.647. The number of carbonyl (C=O) groups is 2. The molecule has 0 amide bonds. The van der Waals surface area contributed by atoms with E-state index in [9.17, 15) is 18.0 Å². The summed E-state index contributed by atoms with van der Waals surface area (Å²) in [7, 11) is -3.02. The molecule has 9 heteroatoms. The fourth-order valence-corrected chi connectivity index (χ4v) is 7.25. The monoisotopic (exact) mass is 451 g/mol. The van der Waals surface area contributed by atoms with E-state index in [1.807, 2.05) is 0 Å². The van der Waals surface area contributed by atoms with Crippen molar-refractivity contribution in [2.24, 2.45) is 0 Å². The van der Waals surface area contributed by atoms with Crippen molar-refractivity contribution >= 4 is 30.0 Å². The molecule has 0 aliphatic carbocycles. The van der Waals surface area contributed by atoms with Gasteiger partial charge in [-0.1, -0.05) is 44.3 Å². The van der Waals surface area contributed by atoms with Crippen LogP contribution in [0.5, 0.6) is 0 Å². The third kappa shape index (κ3) is 6.83. The zero-order valence-electron chi connectivity index (χ0n) is 18.1. The first-order valence-electron chi connectivity index (χ1n) is 9.26. The molecule has 7 nitrogen and oxygen atoms in total. The Kier molecular flexibility index (Phi) is 9.02. The van der Waals surface area contributed by atoms with E-state index in [0.29, 0.717) is 11.6 Å². The molecule has 0 fully saturated rings. The maximum absolute atomic E-state index is 13.2. The van der Waals surface area contributed by atoms with Crippen LogP contribution in [0.25, 0.3) is 0 Å². The molecule has 0 radical (unpaired) electrons. The maximum Gasteiger partial charge on any atom is 0.337 e. The Bertz CT molecular complexity index is 926. The summed E-state index contributed by atoms with van der Waals surface area (Å²) in [4.78, 5) is 24.0. The lowest BCUT2D eigenvalue weighted by atomic mass is 9.98. The Balaban J connectivity index is 3.49. The van der Waals surface area contributed by atoms with Crippen molar-refractivity contribution in [1.82, 2.24) is 4.31 Å². The van der Waals surface area contributed by atoms with Crippen molar-refractivity contribution in [3.63, 3.8) is 0 Å². The summed E-state index contributed by atoms with van der Waals surface area (Å²) in [5, 5.41) is 0. The van der Waals surface area contributed by atoms with Crippen molar-refractivity contribution in [2.45, 2.75) is 31.7 Å². The van der Waals surface area contributed by atoms with Gasteiger partial charge in [-0.25, -0.2) is 18.0 Å². The number of methoxy groups -OCH3 is 2. The largest absolute Gasteiger partial charge is 0.466 e. The van der Waals surface area contributed by atoms with Crippen LogP contribution in [-0.2, 0) is 24.3 Å². The Hall–Kier alpha value is -2.41. The molecule has 1 rings (SSSR count). The van der Waals surface area contributed by atoms with Crippen LogP contribution < -0.4 is 0 Å². The highest BCUT2D eigenvalue weighted by molar-refractivity contribution is 7.89. The van der Waals surface area contributed by atoms with Gasteiger partial charge in [0.2, 0.25) is 10.0 Å². The molecule has 0 saturated heterocycles. The zero-order chi connectivity index (χ0) is 23.1. The maximum atomic E-state index is 13.2. The van der Waals surface area contributed by atoms with Crippen LogP contribution in [-0.4, -0.2) is 59.3 Å². The molecule has 0 bridgehead atoms. The number of hydrogen-bond acceptors (Lipinski definition) is 6. The van der Waals surface area contributed by atoms with E-state index >= 15 is 0 Å². The molecule has 0 spiro atoms. The van der Waals surface area contributed by atoms with Gasteiger partial charge in [0, 0.05) is 8.07 Å². The molecule has 164 valence electrons. The number of rotatable bonds is 10. The van der Waals surface area contributed by atoms with Gasteiger partial charge in [0.05, 0.1) is 43.7 Å². The fraction of sp³-hybridized carbons (Fsp3) is 0.429. The van der Waals surface area contributed by atoms with Gasteiger partial charge in [0.15, 0.2) is 0 Å². The van der Waals surface area contributed by atoms with Crippen LogP contribution in [0.2, 0.25) is 25.7 Å². The highest BCUT2D eigenvalue weighted by Crippen LogP contribution is 2.32. The van der Waals surface area contributed by atoms with Gasteiger partial charge >= 0.3 is 11.9 Å². The van der Waals surface area contributed by atoms with Gasteiger partial charge in [0.1, 0.15) is 0 Å². The summed E-state index contributed by atoms with van der Waals surface area (Å²) < 4.78 is 37.0. The minimum Gasteiger partial charge on any atom is -0.466 e. The van der Waals surface area contributed by atoms with Crippen LogP contribution in [0.4, 0.5) is 0 Å². The fourth-order valence-electron chi connectivity index (χ4n) is 2.70. The van der Waals surface area contributed by atoms with Crippen LogP contribution in [0, 0.1) is 12.3 Å². The van der Waals surface area contributed by atoms with E-state index in [2.05, 4.69) is 36.9 Å². The predicted octanol–water partition coefficient (Wildman–Crippen LogP) is 2.85. The average molecular weight is 452 g/mol. The molecular formula is C21H29NO6SSi. The molecule has 0 heterocycles. The standard InChI is InChI=1S/C21H29NO6SSi/c1-8-13-22(29(25,26)14-15-30(5,6)7)19(16(2)20(23)27-3)17-9-11-18(12-10-17)21(24)28-4/h1,9-12,19H,2,13-15H2,3-7H3. The SMILES string of the molecule is C#CCN(C(C(=C)C(=O)OC)c1ccc(C(=O)OC)cc1)S(=O)(=O)CC[Si](C)(C)C. The Morgan fingerprint density at radius 2 is 1.73 bits per heavy atom. The normalized spacial score (nSPS) is 12.7. The minimum absolute atomic E-state index is 0.0739. The number of carbonyl (C=O) groups excluding carboxylic acids is 2. The second-order valence-electron chi connectivity index (χ2n) is 7.91. The molecule has 0 aromatic heterocycles. The molecule has 1 aromatic rings. The molecular weight excluding hydrogens is 422 g/mol. The quantitative estimate of drug-likeness (QED) is 0.235. The lowest BCUT2D eigenvalue weighted by Gasteiger charge is -2.31. The summed E-state index contributed by atoms with van der Waals surface area (Å²) in [6, 6.07) is 5.54. The summed E-state index contributed by atoms with van der Waals surface area (Å²) in [6.07, 6.45) is 5.46. The van der Waals surface area contributed by atoms with Crippen LogP contribution in [0.1, 0.15) is 22.0 Å². The highest BCUT2D eigenvalue weighted by atomic mass is 32.2. The molecule has 0 N–H and O–H groups in total. The van der Waals surface area contributed by atoms with E-state index in [0.717, 1.165) is 4.31 Å². The smallest absolute Gasteiger partial charge is 0.337 e. The lowest BCUT2D eigenvalue weighted by molar-refractivity contribution is -0.136. The lowest BCUT2D eigenvalue weighted by Crippen LogP contribution is -2.40. The van der Waals surface area contributed by atoms with E-state index in [4.69, 9.17) is 11.2 Å². The summed E-state index contributed by atoms with van der Waals surface area (Å²) in [6.45, 7) is 9.75. The predicted molar refractivity (Wildman–Crippen MR) is 119 cm³/mol. The number of benzene rings is 1. The second kappa shape index (κ2) is 10.6. The van der Waals surface area contributed by atoms with E-state index < -0.39 is 36.1 Å². The van der Waals surface area contributed by atoms with Crippen molar-refractivity contribution in [1.29, 1.82) is 0 Å².